The molecular formula is C10H15N3O4S. The average Bonchev–Trinajstić information content (AvgIpc) is 2.73. The van der Waals surface area contributed by atoms with Crippen molar-refractivity contribution in [3.8, 4) is 0 Å². The number of rotatable bonds is 6. The van der Waals surface area contributed by atoms with Gasteiger partial charge in [-0.15, -0.1) is 11.3 Å². The molecule has 1 amide bonds. The zero-order chi connectivity index (χ0) is 13.7. The van der Waals surface area contributed by atoms with E-state index in [0.717, 1.165) is 0 Å². The zero-order valence-corrected chi connectivity index (χ0v) is 10.6. The molecule has 0 aliphatic carbocycles. The van der Waals surface area contributed by atoms with Gasteiger partial charge < -0.3 is 21.3 Å². The second-order valence-electron chi connectivity index (χ2n) is 3.70. The number of nitrogens with one attached hydrogen (secondary N) is 1. The number of hydrogen-bond acceptors (Lipinski definition) is 6. The summed E-state index contributed by atoms with van der Waals surface area (Å²) in [4.78, 5) is 26.5. The molecule has 0 unspecified atom stereocenters. The number of aliphatic carboxylic acids is 1. The molecule has 7 nitrogen and oxygen atoms in total. The van der Waals surface area contributed by atoms with Crippen LogP contribution in [0.3, 0.4) is 0 Å². The molecule has 18 heavy (non-hydrogen) atoms. The molecular weight excluding hydrogens is 258 g/mol. The Morgan fingerprint density at radius 2 is 2.28 bits per heavy atom. The van der Waals surface area contributed by atoms with Gasteiger partial charge in [-0.2, -0.15) is 0 Å². The number of aliphatic hydroxyl groups is 1. The lowest BCUT2D eigenvalue weighted by Gasteiger charge is -2.16. The highest BCUT2D eigenvalue weighted by Gasteiger charge is 2.26. The van der Waals surface area contributed by atoms with Crippen LogP contribution in [0, 0.1) is 0 Å². The van der Waals surface area contributed by atoms with Gasteiger partial charge in [0.15, 0.2) is 6.04 Å². The van der Waals surface area contributed by atoms with E-state index in [1.54, 1.807) is 0 Å². The molecule has 2 atom stereocenters. The second-order valence-corrected chi connectivity index (χ2v) is 4.64. The predicted octanol–water partition coefficient (Wildman–Crippen LogP) is -0.792. The number of nitrogens with zero attached hydrogens (tertiary/aromatic N) is 1. The molecule has 1 rings (SSSR count). The minimum Gasteiger partial charge on any atom is -0.480 e. The van der Waals surface area contributed by atoms with Crippen LogP contribution in [-0.2, 0) is 11.2 Å². The number of amides is 1. The number of carbonyl (C=O) groups is 2. The summed E-state index contributed by atoms with van der Waals surface area (Å²) >= 11 is 1.28. The van der Waals surface area contributed by atoms with Gasteiger partial charge in [0.1, 0.15) is 5.69 Å². The van der Waals surface area contributed by atoms with Crippen LogP contribution < -0.4 is 11.1 Å². The fraction of sp³-hybridized carbons (Fsp3) is 0.500. The fourth-order valence-electron chi connectivity index (χ4n) is 1.26. The van der Waals surface area contributed by atoms with E-state index in [4.69, 9.17) is 10.8 Å². The van der Waals surface area contributed by atoms with E-state index in [2.05, 4.69) is 10.3 Å². The highest BCUT2D eigenvalue weighted by molar-refractivity contribution is 7.09. The summed E-state index contributed by atoms with van der Waals surface area (Å²) in [6, 6.07) is -1.35. The molecule has 0 aromatic carbocycles. The Kier molecular flexibility index (Phi) is 5.20. The Morgan fingerprint density at radius 1 is 1.61 bits per heavy atom. The van der Waals surface area contributed by atoms with Crippen molar-refractivity contribution in [2.45, 2.75) is 25.5 Å². The molecule has 0 aliphatic rings. The third-order valence-electron chi connectivity index (χ3n) is 2.18. The number of carboxylic acid groups (broad SMARTS) is 1. The molecule has 0 radical (unpaired) electrons. The zero-order valence-electron chi connectivity index (χ0n) is 9.79. The van der Waals surface area contributed by atoms with Crippen LogP contribution >= 0.6 is 11.3 Å². The molecule has 1 aromatic heterocycles. The van der Waals surface area contributed by atoms with Crippen LogP contribution in [0.2, 0.25) is 0 Å². The molecule has 0 spiro atoms. The van der Waals surface area contributed by atoms with Crippen molar-refractivity contribution in [1.29, 1.82) is 0 Å². The number of nitrogens with two attached hydrogens (primary N) is 1. The van der Waals surface area contributed by atoms with Crippen molar-refractivity contribution in [1.82, 2.24) is 10.3 Å². The molecule has 100 valence electrons. The minimum atomic E-state index is -1.35. The third kappa shape index (κ3) is 3.76. The van der Waals surface area contributed by atoms with Crippen LogP contribution in [0.5, 0.6) is 0 Å². The number of carboxylic acids is 1. The molecule has 0 aliphatic heterocycles. The fourth-order valence-corrected chi connectivity index (χ4v) is 2.05. The van der Waals surface area contributed by atoms with Gasteiger partial charge in [0.2, 0.25) is 0 Å². The first kappa shape index (κ1) is 14.6. The number of aromatic nitrogens is 1. The lowest BCUT2D eigenvalue weighted by molar-refractivity contribution is -0.141. The average molecular weight is 273 g/mol. The van der Waals surface area contributed by atoms with Gasteiger partial charge in [0, 0.05) is 11.8 Å². The van der Waals surface area contributed by atoms with Crippen LogP contribution in [0.1, 0.15) is 22.4 Å². The highest BCUT2D eigenvalue weighted by atomic mass is 32.1. The maximum Gasteiger partial charge on any atom is 0.328 e. The summed E-state index contributed by atoms with van der Waals surface area (Å²) in [6.45, 7) is 1.72. The van der Waals surface area contributed by atoms with E-state index < -0.39 is 24.0 Å². The van der Waals surface area contributed by atoms with E-state index in [1.165, 1.54) is 23.6 Å². The maximum atomic E-state index is 11.7. The van der Waals surface area contributed by atoms with E-state index in [-0.39, 0.29) is 5.69 Å². The molecule has 1 aromatic rings. The van der Waals surface area contributed by atoms with Crippen molar-refractivity contribution in [3.63, 3.8) is 0 Å². The Bertz CT molecular complexity index is 433. The van der Waals surface area contributed by atoms with Gasteiger partial charge in [-0.3, -0.25) is 4.79 Å². The second kappa shape index (κ2) is 6.43. The van der Waals surface area contributed by atoms with Gasteiger partial charge >= 0.3 is 5.97 Å². The van der Waals surface area contributed by atoms with Crippen LogP contribution in [0.25, 0.3) is 0 Å². The first-order valence-corrected chi connectivity index (χ1v) is 6.20. The summed E-state index contributed by atoms with van der Waals surface area (Å²) in [5.74, 6) is -1.92. The van der Waals surface area contributed by atoms with Crippen molar-refractivity contribution >= 4 is 23.2 Å². The first-order valence-electron chi connectivity index (χ1n) is 5.32. The van der Waals surface area contributed by atoms with Crippen LogP contribution in [0.15, 0.2) is 5.38 Å². The topological polar surface area (TPSA) is 126 Å². The monoisotopic (exact) mass is 273 g/mol. The molecule has 0 bridgehead atoms. The largest absolute Gasteiger partial charge is 0.480 e. The quantitative estimate of drug-likeness (QED) is 0.538. The lowest BCUT2D eigenvalue weighted by Crippen LogP contribution is -2.47. The summed E-state index contributed by atoms with van der Waals surface area (Å²) in [6.07, 6.45) is -0.620. The SMILES string of the molecule is C[C@@H](O)[C@H](NC(=O)c1csc(CCN)n1)C(=O)O. The Labute approximate surface area is 108 Å². The van der Waals surface area contributed by atoms with Gasteiger partial charge in [-0.25, -0.2) is 9.78 Å². The van der Waals surface area contributed by atoms with E-state index >= 15 is 0 Å². The van der Waals surface area contributed by atoms with Crippen molar-refractivity contribution in [2.75, 3.05) is 6.54 Å². The van der Waals surface area contributed by atoms with Gasteiger partial charge in [0.25, 0.3) is 5.91 Å². The van der Waals surface area contributed by atoms with E-state index in [9.17, 15) is 14.7 Å². The molecule has 8 heteroatoms. The normalized spacial score (nSPS) is 13.9. The van der Waals surface area contributed by atoms with E-state index in [0.29, 0.717) is 18.0 Å². The molecule has 1 heterocycles. The molecule has 0 saturated carbocycles. The Hall–Kier alpha value is -1.51. The van der Waals surface area contributed by atoms with Gasteiger partial charge in [0.05, 0.1) is 11.1 Å². The molecule has 5 N–H and O–H groups in total. The van der Waals surface area contributed by atoms with Crippen LogP contribution in [0.4, 0.5) is 0 Å². The Morgan fingerprint density at radius 3 is 2.78 bits per heavy atom. The number of thiazole rings is 1. The first-order chi connectivity index (χ1) is 8.45. The maximum absolute atomic E-state index is 11.7. The molecule has 0 fully saturated rings. The molecule has 0 saturated heterocycles. The summed E-state index contributed by atoms with van der Waals surface area (Å²) in [5, 5.41) is 22.5. The summed E-state index contributed by atoms with van der Waals surface area (Å²) in [7, 11) is 0. The summed E-state index contributed by atoms with van der Waals surface area (Å²) < 4.78 is 0. The number of hydrogen-bond donors (Lipinski definition) is 4. The van der Waals surface area contributed by atoms with Crippen molar-refractivity contribution < 1.29 is 19.8 Å². The predicted molar refractivity (Wildman–Crippen MR) is 65.4 cm³/mol. The lowest BCUT2D eigenvalue weighted by atomic mass is 10.2. The van der Waals surface area contributed by atoms with Crippen molar-refractivity contribution in [3.05, 3.63) is 16.1 Å². The number of aliphatic hydroxyl groups excluding tert-OH is 1. The smallest absolute Gasteiger partial charge is 0.328 e. The van der Waals surface area contributed by atoms with E-state index in [1.807, 2.05) is 0 Å². The summed E-state index contributed by atoms with van der Waals surface area (Å²) in [5.41, 5.74) is 5.50. The number of carbonyl (C=O) groups excluding carboxylic acids is 1. The van der Waals surface area contributed by atoms with Crippen molar-refractivity contribution in [2.24, 2.45) is 5.73 Å². The minimum absolute atomic E-state index is 0.135. The Balaban J connectivity index is 2.71. The standard InChI is InChI=1S/C10H15N3O4S/c1-5(14)8(10(16)17)13-9(15)6-4-18-7(12-6)2-3-11/h4-5,8,14H,2-3,11H2,1H3,(H,13,15)(H,16,17)/t5-,8+/m1/s1. The van der Waals surface area contributed by atoms with Gasteiger partial charge in [-0.05, 0) is 13.5 Å². The highest BCUT2D eigenvalue weighted by Crippen LogP contribution is 2.10. The van der Waals surface area contributed by atoms with Gasteiger partial charge in [-0.1, -0.05) is 0 Å². The van der Waals surface area contributed by atoms with Crippen LogP contribution in [-0.4, -0.2) is 45.8 Å². The third-order valence-corrected chi connectivity index (χ3v) is 3.09.